The molecule has 6 heteroatoms. The van der Waals surface area contributed by atoms with E-state index in [-0.39, 0.29) is 25.4 Å². The van der Waals surface area contributed by atoms with Crippen molar-refractivity contribution in [3.8, 4) is 5.75 Å². The first-order chi connectivity index (χ1) is 8.52. The summed E-state index contributed by atoms with van der Waals surface area (Å²) in [5.74, 6) is -0.499. The van der Waals surface area contributed by atoms with Gasteiger partial charge < -0.3 is 9.47 Å². The fourth-order valence-electron chi connectivity index (χ4n) is 1.15. The van der Waals surface area contributed by atoms with Crippen LogP contribution in [0.4, 0.5) is 0 Å². The van der Waals surface area contributed by atoms with Gasteiger partial charge in [0.15, 0.2) is 5.78 Å². The Morgan fingerprint density at radius 1 is 1.22 bits per heavy atom. The molecule has 0 amide bonds. The first-order valence-electron chi connectivity index (χ1n) is 5.28. The van der Waals surface area contributed by atoms with Crippen LogP contribution in [0.1, 0.15) is 13.3 Å². The van der Waals surface area contributed by atoms with Gasteiger partial charge in [-0.2, -0.15) is 0 Å². The van der Waals surface area contributed by atoms with Crippen LogP contribution < -0.4 is 4.74 Å². The Morgan fingerprint density at radius 3 is 2.56 bits per heavy atom. The lowest BCUT2D eigenvalue weighted by atomic mass is 10.3. The third-order valence-electron chi connectivity index (χ3n) is 1.94. The van der Waals surface area contributed by atoms with Crippen LogP contribution in [0, 0.1) is 0 Å². The maximum atomic E-state index is 11.4. The SMILES string of the molecule is CCOC(=O)CC(=O)COc1ccc(Cl)c(Cl)c1. The zero-order chi connectivity index (χ0) is 13.5. The van der Waals surface area contributed by atoms with E-state index in [1.54, 1.807) is 19.1 Å². The summed E-state index contributed by atoms with van der Waals surface area (Å²) in [6.45, 7) is 1.71. The highest BCUT2D eigenvalue weighted by molar-refractivity contribution is 6.42. The van der Waals surface area contributed by atoms with Crippen molar-refractivity contribution in [2.24, 2.45) is 0 Å². The highest BCUT2D eigenvalue weighted by Gasteiger charge is 2.11. The number of carbonyl (C=O) groups excluding carboxylic acids is 2. The molecule has 1 aromatic rings. The molecule has 0 N–H and O–H groups in total. The molecule has 4 nitrogen and oxygen atoms in total. The van der Waals surface area contributed by atoms with Crippen LogP contribution >= 0.6 is 23.2 Å². The largest absolute Gasteiger partial charge is 0.486 e. The zero-order valence-electron chi connectivity index (χ0n) is 9.74. The van der Waals surface area contributed by atoms with E-state index in [0.717, 1.165) is 0 Å². The van der Waals surface area contributed by atoms with Gasteiger partial charge in [-0.05, 0) is 19.1 Å². The van der Waals surface area contributed by atoms with Crippen LogP contribution in [0.3, 0.4) is 0 Å². The standard InChI is InChI=1S/C12H12Cl2O4/c1-2-17-12(16)5-8(15)7-18-9-3-4-10(13)11(14)6-9/h3-4,6H,2,5,7H2,1H3. The maximum absolute atomic E-state index is 11.4. The lowest BCUT2D eigenvalue weighted by Gasteiger charge is -2.06. The minimum atomic E-state index is -0.555. The van der Waals surface area contributed by atoms with Crippen molar-refractivity contribution in [2.45, 2.75) is 13.3 Å². The molecule has 0 spiro atoms. The van der Waals surface area contributed by atoms with Crippen molar-refractivity contribution in [1.82, 2.24) is 0 Å². The van der Waals surface area contributed by atoms with Gasteiger partial charge >= 0.3 is 5.97 Å². The van der Waals surface area contributed by atoms with Crippen molar-refractivity contribution in [3.63, 3.8) is 0 Å². The summed E-state index contributed by atoms with van der Waals surface area (Å²) in [7, 11) is 0. The molecule has 0 atom stereocenters. The molecule has 0 fully saturated rings. The fourth-order valence-corrected chi connectivity index (χ4v) is 1.44. The average Bonchev–Trinajstić information content (AvgIpc) is 2.31. The predicted molar refractivity (Wildman–Crippen MR) is 68.2 cm³/mol. The third kappa shape index (κ3) is 4.94. The number of esters is 1. The van der Waals surface area contributed by atoms with Gasteiger partial charge in [0, 0.05) is 6.07 Å². The van der Waals surface area contributed by atoms with Gasteiger partial charge in [-0.15, -0.1) is 0 Å². The van der Waals surface area contributed by atoms with Crippen molar-refractivity contribution in [1.29, 1.82) is 0 Å². The maximum Gasteiger partial charge on any atom is 0.313 e. The minimum Gasteiger partial charge on any atom is -0.486 e. The summed E-state index contributed by atoms with van der Waals surface area (Å²) in [4.78, 5) is 22.4. The molecule has 0 aliphatic rings. The van der Waals surface area contributed by atoms with Gasteiger partial charge in [-0.3, -0.25) is 9.59 Å². The van der Waals surface area contributed by atoms with Crippen LogP contribution in [0.5, 0.6) is 5.75 Å². The molecular weight excluding hydrogens is 279 g/mol. The Balaban J connectivity index is 2.42. The Bertz CT molecular complexity index is 446. The van der Waals surface area contributed by atoms with Crippen molar-refractivity contribution >= 4 is 35.0 Å². The first-order valence-corrected chi connectivity index (χ1v) is 6.03. The summed E-state index contributed by atoms with van der Waals surface area (Å²) in [5.41, 5.74) is 0. The molecule has 0 saturated heterocycles. The topological polar surface area (TPSA) is 52.6 Å². The molecule has 0 aliphatic carbocycles. The van der Waals surface area contributed by atoms with Crippen molar-refractivity contribution in [3.05, 3.63) is 28.2 Å². The minimum absolute atomic E-state index is 0.212. The molecule has 0 radical (unpaired) electrons. The van der Waals surface area contributed by atoms with E-state index in [0.29, 0.717) is 15.8 Å². The van der Waals surface area contributed by atoms with Gasteiger partial charge in [-0.25, -0.2) is 0 Å². The number of Topliss-reactive ketones (excluding diaryl/α,β-unsaturated/α-hetero) is 1. The van der Waals surface area contributed by atoms with Gasteiger partial charge in [-0.1, -0.05) is 23.2 Å². The molecule has 0 bridgehead atoms. The van der Waals surface area contributed by atoms with Gasteiger partial charge in [0.1, 0.15) is 18.8 Å². The molecule has 18 heavy (non-hydrogen) atoms. The number of carbonyl (C=O) groups is 2. The normalized spacial score (nSPS) is 9.94. The lowest BCUT2D eigenvalue weighted by Crippen LogP contribution is -2.17. The smallest absolute Gasteiger partial charge is 0.313 e. The average molecular weight is 291 g/mol. The Hall–Kier alpha value is -1.26. The lowest BCUT2D eigenvalue weighted by molar-refractivity contribution is -0.145. The van der Waals surface area contributed by atoms with E-state index in [1.165, 1.54) is 6.07 Å². The van der Waals surface area contributed by atoms with E-state index in [1.807, 2.05) is 0 Å². The second kappa shape index (κ2) is 7.24. The number of halogens is 2. The summed E-state index contributed by atoms with van der Waals surface area (Å²) in [6.07, 6.45) is -0.296. The van der Waals surface area contributed by atoms with Crippen LogP contribution in [0.2, 0.25) is 10.0 Å². The first kappa shape index (κ1) is 14.8. The Kier molecular flexibility index (Phi) is 5.95. The van der Waals surface area contributed by atoms with E-state index < -0.39 is 5.97 Å². The number of benzene rings is 1. The highest BCUT2D eigenvalue weighted by Crippen LogP contribution is 2.26. The predicted octanol–water partition coefficient (Wildman–Crippen LogP) is 2.89. The molecule has 1 rings (SSSR count). The van der Waals surface area contributed by atoms with E-state index >= 15 is 0 Å². The van der Waals surface area contributed by atoms with E-state index in [9.17, 15) is 9.59 Å². The van der Waals surface area contributed by atoms with Crippen LogP contribution in [-0.4, -0.2) is 25.0 Å². The molecule has 98 valence electrons. The van der Waals surface area contributed by atoms with E-state index in [2.05, 4.69) is 4.74 Å². The second-order valence-electron chi connectivity index (χ2n) is 3.39. The van der Waals surface area contributed by atoms with Gasteiger partial charge in [0.05, 0.1) is 16.7 Å². The number of hydrogen-bond donors (Lipinski definition) is 0. The molecular formula is C12H12Cl2O4. The van der Waals surface area contributed by atoms with Crippen molar-refractivity contribution < 1.29 is 19.1 Å². The summed E-state index contributed by atoms with van der Waals surface area (Å²) in [6, 6.07) is 4.66. The molecule has 0 saturated carbocycles. The van der Waals surface area contributed by atoms with Crippen molar-refractivity contribution in [2.75, 3.05) is 13.2 Å². The number of ketones is 1. The molecule has 0 aliphatic heterocycles. The van der Waals surface area contributed by atoms with Crippen LogP contribution in [0.25, 0.3) is 0 Å². The molecule has 0 unspecified atom stereocenters. The zero-order valence-corrected chi connectivity index (χ0v) is 11.3. The second-order valence-corrected chi connectivity index (χ2v) is 4.20. The van der Waals surface area contributed by atoms with E-state index in [4.69, 9.17) is 27.9 Å². The quantitative estimate of drug-likeness (QED) is 0.597. The summed E-state index contributed by atoms with van der Waals surface area (Å²) in [5, 5.41) is 0.744. The monoisotopic (exact) mass is 290 g/mol. The number of hydrogen-bond acceptors (Lipinski definition) is 4. The highest BCUT2D eigenvalue weighted by atomic mass is 35.5. The van der Waals surface area contributed by atoms with Gasteiger partial charge in [0.25, 0.3) is 0 Å². The third-order valence-corrected chi connectivity index (χ3v) is 2.68. The summed E-state index contributed by atoms with van der Waals surface area (Å²) < 4.78 is 9.83. The van der Waals surface area contributed by atoms with Gasteiger partial charge in [0.2, 0.25) is 0 Å². The fraction of sp³-hybridized carbons (Fsp3) is 0.333. The molecule has 0 aromatic heterocycles. The Labute approximate surface area is 115 Å². The molecule has 1 aromatic carbocycles. The number of ether oxygens (including phenoxy) is 2. The molecule has 0 heterocycles. The van der Waals surface area contributed by atoms with Crippen LogP contribution in [0.15, 0.2) is 18.2 Å². The Morgan fingerprint density at radius 2 is 1.94 bits per heavy atom. The van der Waals surface area contributed by atoms with Crippen LogP contribution in [-0.2, 0) is 14.3 Å². The summed E-state index contributed by atoms with van der Waals surface area (Å²) >= 11 is 11.5. The number of rotatable bonds is 6.